The lowest BCUT2D eigenvalue weighted by atomic mass is 10.2. The molecule has 0 bridgehead atoms. The van der Waals surface area contributed by atoms with Crippen molar-refractivity contribution < 1.29 is 14.7 Å². The van der Waals surface area contributed by atoms with Crippen LogP contribution in [0.3, 0.4) is 0 Å². The van der Waals surface area contributed by atoms with Crippen LogP contribution in [-0.4, -0.2) is 32.8 Å². The molecule has 2 aromatic rings. The van der Waals surface area contributed by atoms with E-state index in [1.807, 2.05) is 31.2 Å². The molecule has 1 atom stereocenters. The summed E-state index contributed by atoms with van der Waals surface area (Å²) >= 11 is 0. The molecule has 1 unspecified atom stereocenters. The van der Waals surface area contributed by atoms with Gasteiger partial charge < -0.3 is 10.4 Å². The molecule has 0 spiro atoms. The SMILES string of the molecule is Cc1ccccc1-n1ncc(C(=O)NC(C)C(=O)O)c1C. The molecule has 0 aliphatic carbocycles. The zero-order valence-corrected chi connectivity index (χ0v) is 12.1. The minimum Gasteiger partial charge on any atom is -0.480 e. The summed E-state index contributed by atoms with van der Waals surface area (Å²) < 4.78 is 1.68. The fourth-order valence-electron chi connectivity index (χ4n) is 2.01. The van der Waals surface area contributed by atoms with Gasteiger partial charge in [-0.15, -0.1) is 0 Å². The molecule has 0 saturated heterocycles. The number of aryl methyl sites for hydroxylation is 1. The first-order valence-corrected chi connectivity index (χ1v) is 6.56. The number of aromatic nitrogens is 2. The Bertz CT molecular complexity index is 691. The van der Waals surface area contributed by atoms with Gasteiger partial charge in [-0.05, 0) is 32.4 Å². The van der Waals surface area contributed by atoms with Crippen molar-refractivity contribution in [3.05, 3.63) is 47.3 Å². The van der Waals surface area contributed by atoms with Crippen LogP contribution < -0.4 is 5.32 Å². The Morgan fingerprint density at radius 3 is 2.57 bits per heavy atom. The van der Waals surface area contributed by atoms with Crippen molar-refractivity contribution in [2.45, 2.75) is 26.8 Å². The summed E-state index contributed by atoms with van der Waals surface area (Å²) in [6.45, 7) is 5.16. The smallest absolute Gasteiger partial charge is 0.325 e. The average Bonchev–Trinajstić information content (AvgIpc) is 2.81. The highest BCUT2D eigenvalue weighted by Crippen LogP contribution is 2.17. The first-order chi connectivity index (χ1) is 9.91. The lowest BCUT2D eigenvalue weighted by Crippen LogP contribution is -2.38. The van der Waals surface area contributed by atoms with Crippen molar-refractivity contribution in [1.29, 1.82) is 0 Å². The van der Waals surface area contributed by atoms with E-state index in [0.717, 1.165) is 11.3 Å². The molecule has 110 valence electrons. The number of para-hydroxylation sites is 1. The van der Waals surface area contributed by atoms with Gasteiger partial charge in [0.05, 0.1) is 23.1 Å². The molecule has 6 nitrogen and oxygen atoms in total. The number of nitrogens with zero attached hydrogens (tertiary/aromatic N) is 2. The molecule has 1 aromatic heterocycles. The van der Waals surface area contributed by atoms with Crippen LogP contribution in [0.1, 0.15) is 28.5 Å². The third kappa shape index (κ3) is 2.94. The Hall–Kier alpha value is -2.63. The molecule has 0 aliphatic heterocycles. The highest BCUT2D eigenvalue weighted by Gasteiger charge is 2.20. The molecule has 6 heteroatoms. The molecular formula is C15H17N3O3. The summed E-state index contributed by atoms with van der Waals surface area (Å²) in [6.07, 6.45) is 1.45. The fraction of sp³-hybridized carbons (Fsp3) is 0.267. The lowest BCUT2D eigenvalue weighted by Gasteiger charge is -2.10. The largest absolute Gasteiger partial charge is 0.480 e. The Morgan fingerprint density at radius 1 is 1.29 bits per heavy atom. The van der Waals surface area contributed by atoms with Crippen LogP contribution in [0.2, 0.25) is 0 Å². The molecule has 0 fully saturated rings. The van der Waals surface area contributed by atoms with Gasteiger partial charge in [-0.2, -0.15) is 5.10 Å². The zero-order chi connectivity index (χ0) is 15.6. The number of hydrogen-bond donors (Lipinski definition) is 2. The van der Waals surface area contributed by atoms with Crippen molar-refractivity contribution in [1.82, 2.24) is 15.1 Å². The zero-order valence-electron chi connectivity index (χ0n) is 12.1. The number of nitrogens with one attached hydrogen (secondary N) is 1. The van der Waals surface area contributed by atoms with E-state index in [9.17, 15) is 9.59 Å². The summed E-state index contributed by atoms with van der Waals surface area (Å²) in [7, 11) is 0. The van der Waals surface area contributed by atoms with Gasteiger partial charge in [-0.3, -0.25) is 9.59 Å². The number of carboxylic acid groups (broad SMARTS) is 1. The van der Waals surface area contributed by atoms with E-state index in [4.69, 9.17) is 5.11 Å². The number of benzene rings is 1. The molecule has 0 aliphatic rings. The molecule has 1 amide bonds. The van der Waals surface area contributed by atoms with Gasteiger partial charge in [0.15, 0.2) is 0 Å². The predicted molar refractivity (Wildman–Crippen MR) is 77.6 cm³/mol. The highest BCUT2D eigenvalue weighted by molar-refractivity contribution is 5.97. The normalized spacial score (nSPS) is 12.0. The van der Waals surface area contributed by atoms with Gasteiger partial charge in [-0.1, -0.05) is 18.2 Å². The Balaban J connectivity index is 2.31. The molecule has 1 aromatic carbocycles. The molecule has 1 heterocycles. The van der Waals surface area contributed by atoms with Gasteiger partial charge in [0.2, 0.25) is 0 Å². The van der Waals surface area contributed by atoms with Crippen LogP contribution in [-0.2, 0) is 4.79 Å². The number of carbonyl (C=O) groups is 2. The topological polar surface area (TPSA) is 84.2 Å². The average molecular weight is 287 g/mol. The second-order valence-corrected chi connectivity index (χ2v) is 4.88. The lowest BCUT2D eigenvalue weighted by molar-refractivity contribution is -0.138. The molecule has 0 saturated carbocycles. The van der Waals surface area contributed by atoms with Gasteiger partial charge >= 0.3 is 5.97 Å². The minimum atomic E-state index is -1.08. The van der Waals surface area contributed by atoms with Crippen molar-refractivity contribution in [2.24, 2.45) is 0 Å². The number of carbonyl (C=O) groups excluding carboxylic acids is 1. The van der Waals surface area contributed by atoms with Crippen LogP contribution >= 0.6 is 0 Å². The van der Waals surface area contributed by atoms with Crippen molar-refractivity contribution >= 4 is 11.9 Å². The van der Waals surface area contributed by atoms with E-state index in [2.05, 4.69) is 10.4 Å². The second kappa shape index (κ2) is 5.78. The Labute approximate surface area is 122 Å². The quantitative estimate of drug-likeness (QED) is 0.896. The first-order valence-electron chi connectivity index (χ1n) is 6.56. The predicted octanol–water partition coefficient (Wildman–Crippen LogP) is 1.69. The summed E-state index contributed by atoms with van der Waals surface area (Å²) in [4.78, 5) is 22.9. The molecule has 2 rings (SSSR count). The van der Waals surface area contributed by atoms with Crippen LogP contribution in [0, 0.1) is 13.8 Å². The van der Waals surface area contributed by atoms with Crippen LogP contribution in [0.15, 0.2) is 30.5 Å². The Morgan fingerprint density at radius 2 is 1.95 bits per heavy atom. The van der Waals surface area contributed by atoms with Crippen LogP contribution in [0.25, 0.3) is 5.69 Å². The van der Waals surface area contributed by atoms with Gasteiger partial charge in [0.25, 0.3) is 5.91 Å². The molecule has 0 radical (unpaired) electrons. The number of amides is 1. The van der Waals surface area contributed by atoms with Crippen LogP contribution in [0.4, 0.5) is 0 Å². The third-order valence-corrected chi connectivity index (χ3v) is 3.32. The third-order valence-electron chi connectivity index (χ3n) is 3.32. The van der Waals surface area contributed by atoms with E-state index in [-0.39, 0.29) is 0 Å². The summed E-state index contributed by atoms with van der Waals surface area (Å²) in [5, 5.41) is 15.5. The number of hydrogen-bond acceptors (Lipinski definition) is 3. The molecule has 21 heavy (non-hydrogen) atoms. The minimum absolute atomic E-state index is 0.367. The summed E-state index contributed by atoms with van der Waals surface area (Å²) in [6, 6.07) is 6.76. The van der Waals surface area contributed by atoms with Crippen molar-refractivity contribution in [3.63, 3.8) is 0 Å². The van der Waals surface area contributed by atoms with Crippen molar-refractivity contribution in [2.75, 3.05) is 0 Å². The number of aliphatic carboxylic acids is 1. The fourth-order valence-corrected chi connectivity index (χ4v) is 2.01. The molecule has 2 N–H and O–H groups in total. The second-order valence-electron chi connectivity index (χ2n) is 4.88. The monoisotopic (exact) mass is 287 g/mol. The maximum Gasteiger partial charge on any atom is 0.325 e. The van der Waals surface area contributed by atoms with E-state index in [0.29, 0.717) is 11.3 Å². The van der Waals surface area contributed by atoms with E-state index < -0.39 is 17.9 Å². The number of rotatable bonds is 4. The molecular weight excluding hydrogens is 270 g/mol. The van der Waals surface area contributed by atoms with E-state index >= 15 is 0 Å². The van der Waals surface area contributed by atoms with Crippen LogP contribution in [0.5, 0.6) is 0 Å². The van der Waals surface area contributed by atoms with Gasteiger partial charge in [0.1, 0.15) is 6.04 Å². The summed E-state index contributed by atoms with van der Waals surface area (Å²) in [5.74, 6) is -1.52. The highest BCUT2D eigenvalue weighted by atomic mass is 16.4. The standard InChI is InChI=1S/C15H17N3O3/c1-9-6-4-5-7-13(9)18-11(3)12(8-16-18)14(19)17-10(2)15(20)21/h4-8,10H,1-3H3,(H,17,19)(H,20,21). The Kier molecular flexibility index (Phi) is 4.07. The van der Waals surface area contributed by atoms with Gasteiger partial charge in [0, 0.05) is 0 Å². The summed E-state index contributed by atoms with van der Waals surface area (Å²) in [5.41, 5.74) is 2.96. The van der Waals surface area contributed by atoms with E-state index in [1.54, 1.807) is 11.6 Å². The van der Waals surface area contributed by atoms with E-state index in [1.165, 1.54) is 13.1 Å². The maximum absolute atomic E-state index is 12.1. The first kappa shape index (κ1) is 14.8. The maximum atomic E-state index is 12.1. The van der Waals surface area contributed by atoms with Gasteiger partial charge in [-0.25, -0.2) is 4.68 Å². The van der Waals surface area contributed by atoms with Crippen molar-refractivity contribution in [3.8, 4) is 5.69 Å². The number of carboxylic acids is 1.